The molecule has 0 aliphatic carbocycles. The van der Waals surface area contributed by atoms with Crippen molar-refractivity contribution in [1.29, 1.82) is 0 Å². The highest BCUT2D eigenvalue weighted by atomic mass is 32.2. The van der Waals surface area contributed by atoms with Crippen LogP contribution in [0.5, 0.6) is 0 Å². The molecule has 0 amide bonds. The number of esters is 1. The highest BCUT2D eigenvalue weighted by Gasteiger charge is 2.30. The minimum absolute atomic E-state index is 0.0153. The Morgan fingerprint density at radius 1 is 1.18 bits per heavy atom. The van der Waals surface area contributed by atoms with Crippen LogP contribution < -0.4 is 0 Å². The van der Waals surface area contributed by atoms with Gasteiger partial charge in [-0.15, -0.1) is 16.9 Å². The van der Waals surface area contributed by atoms with Crippen LogP contribution in [0.4, 0.5) is 13.2 Å². The normalized spacial score (nSPS) is 11.5. The Labute approximate surface area is 163 Å². The van der Waals surface area contributed by atoms with Gasteiger partial charge in [0.1, 0.15) is 6.61 Å². The summed E-state index contributed by atoms with van der Waals surface area (Å²) < 4.78 is 45.0. The van der Waals surface area contributed by atoms with Crippen molar-refractivity contribution >= 4 is 17.7 Å². The van der Waals surface area contributed by atoms with Gasteiger partial charge in [0.25, 0.3) is 0 Å². The van der Waals surface area contributed by atoms with Crippen molar-refractivity contribution in [3.63, 3.8) is 0 Å². The number of hydrogen-bond donors (Lipinski definition) is 0. The van der Waals surface area contributed by atoms with E-state index in [-0.39, 0.29) is 17.9 Å². The third-order valence-electron chi connectivity index (χ3n) is 4.01. The van der Waals surface area contributed by atoms with E-state index in [2.05, 4.69) is 10.3 Å². The number of ether oxygens (including phenoxy) is 1. The van der Waals surface area contributed by atoms with Crippen LogP contribution in [-0.2, 0) is 17.5 Å². The molecular weight excluding hydrogens is 391 g/mol. The predicted molar refractivity (Wildman–Crippen MR) is 98.4 cm³/mol. The van der Waals surface area contributed by atoms with E-state index < -0.39 is 17.7 Å². The minimum atomic E-state index is -4.45. The Balaban J connectivity index is 1.75. The van der Waals surface area contributed by atoms with E-state index in [1.165, 1.54) is 16.8 Å². The third kappa shape index (κ3) is 4.36. The zero-order valence-corrected chi connectivity index (χ0v) is 15.8. The van der Waals surface area contributed by atoms with Gasteiger partial charge in [-0.05, 0) is 49.1 Å². The summed E-state index contributed by atoms with van der Waals surface area (Å²) in [4.78, 5) is 13.4. The van der Waals surface area contributed by atoms with E-state index in [0.29, 0.717) is 5.69 Å². The lowest BCUT2D eigenvalue weighted by Crippen LogP contribution is -2.09. The summed E-state index contributed by atoms with van der Waals surface area (Å²) in [6, 6.07) is 12.2. The summed E-state index contributed by atoms with van der Waals surface area (Å²) in [6.07, 6.45) is -2.51. The van der Waals surface area contributed by atoms with Gasteiger partial charge >= 0.3 is 12.1 Å². The summed E-state index contributed by atoms with van der Waals surface area (Å²) >= 11 is 1.57. The second kappa shape index (κ2) is 8.05. The molecule has 0 unspecified atom stereocenters. The number of halogens is 3. The highest BCUT2D eigenvalue weighted by Crippen LogP contribution is 2.29. The van der Waals surface area contributed by atoms with E-state index >= 15 is 0 Å². The number of carbonyl (C=O) groups excluding carboxylic acids is 1. The lowest BCUT2D eigenvalue weighted by atomic mass is 10.1. The fourth-order valence-electron chi connectivity index (χ4n) is 2.56. The zero-order valence-electron chi connectivity index (χ0n) is 15.0. The standard InChI is InChI=1S/C19H16F3N3O2S/c1-12-17(23-24-25(12)15-7-4-8-16(10-15)28-2)18(26)27-11-13-5-3-6-14(9-13)19(20,21)22/h3-10H,11H2,1-2H3. The number of benzene rings is 2. The molecule has 0 saturated carbocycles. The van der Waals surface area contributed by atoms with E-state index in [1.54, 1.807) is 18.7 Å². The SMILES string of the molecule is CSc1cccc(-n2nnc(C(=O)OCc3cccc(C(F)(F)F)c3)c2C)c1. The van der Waals surface area contributed by atoms with Crippen molar-refractivity contribution in [2.45, 2.75) is 24.6 Å². The molecule has 1 aromatic heterocycles. The van der Waals surface area contributed by atoms with Crippen molar-refractivity contribution in [2.75, 3.05) is 6.26 Å². The molecule has 0 bridgehead atoms. The average molecular weight is 407 g/mol. The molecular formula is C19H16F3N3O2S. The van der Waals surface area contributed by atoms with Crippen LogP contribution in [0.1, 0.15) is 27.3 Å². The van der Waals surface area contributed by atoms with Gasteiger partial charge in [-0.25, -0.2) is 9.48 Å². The van der Waals surface area contributed by atoms with Crippen LogP contribution in [0.2, 0.25) is 0 Å². The summed E-state index contributed by atoms with van der Waals surface area (Å²) in [5, 5.41) is 7.86. The van der Waals surface area contributed by atoms with E-state index in [0.717, 1.165) is 22.7 Å². The van der Waals surface area contributed by atoms with E-state index in [1.807, 2.05) is 30.5 Å². The molecule has 0 saturated heterocycles. The molecule has 0 aliphatic rings. The first kappa shape index (κ1) is 19.9. The van der Waals surface area contributed by atoms with E-state index in [9.17, 15) is 18.0 Å². The Hall–Kier alpha value is -2.81. The van der Waals surface area contributed by atoms with Crippen molar-refractivity contribution < 1.29 is 22.7 Å². The minimum Gasteiger partial charge on any atom is -0.456 e. The van der Waals surface area contributed by atoms with Gasteiger partial charge in [-0.3, -0.25) is 0 Å². The van der Waals surface area contributed by atoms with Gasteiger partial charge in [0.05, 0.1) is 16.9 Å². The summed E-state index contributed by atoms with van der Waals surface area (Å²) in [6.45, 7) is 1.38. The van der Waals surface area contributed by atoms with Crippen LogP contribution in [0.3, 0.4) is 0 Å². The highest BCUT2D eigenvalue weighted by molar-refractivity contribution is 7.98. The molecule has 5 nitrogen and oxygen atoms in total. The molecule has 0 atom stereocenters. The quantitative estimate of drug-likeness (QED) is 0.454. The number of thioether (sulfide) groups is 1. The lowest BCUT2D eigenvalue weighted by molar-refractivity contribution is -0.137. The van der Waals surface area contributed by atoms with Crippen LogP contribution in [0.15, 0.2) is 53.4 Å². The van der Waals surface area contributed by atoms with E-state index in [4.69, 9.17) is 4.74 Å². The number of alkyl halides is 3. The van der Waals surface area contributed by atoms with Gasteiger partial charge in [-0.1, -0.05) is 23.4 Å². The Morgan fingerprint density at radius 2 is 1.93 bits per heavy atom. The van der Waals surface area contributed by atoms with Gasteiger partial charge in [0.2, 0.25) is 0 Å². The van der Waals surface area contributed by atoms with Crippen molar-refractivity contribution in [3.8, 4) is 5.69 Å². The van der Waals surface area contributed by atoms with Gasteiger partial charge in [0.15, 0.2) is 5.69 Å². The number of carbonyl (C=O) groups is 1. The maximum Gasteiger partial charge on any atom is 0.416 e. The fraction of sp³-hybridized carbons (Fsp3) is 0.211. The molecule has 146 valence electrons. The first-order valence-corrected chi connectivity index (χ1v) is 9.42. The number of nitrogens with zero attached hydrogens (tertiary/aromatic N) is 3. The Bertz CT molecular complexity index is 1000. The van der Waals surface area contributed by atoms with Crippen molar-refractivity contribution in [2.24, 2.45) is 0 Å². The zero-order chi connectivity index (χ0) is 20.3. The molecule has 3 rings (SSSR count). The molecule has 0 radical (unpaired) electrons. The molecule has 1 heterocycles. The van der Waals surface area contributed by atoms with Gasteiger partial charge in [0, 0.05) is 4.90 Å². The monoisotopic (exact) mass is 407 g/mol. The van der Waals surface area contributed by atoms with Crippen molar-refractivity contribution in [1.82, 2.24) is 15.0 Å². The second-order valence-corrected chi connectivity index (χ2v) is 6.79. The lowest BCUT2D eigenvalue weighted by Gasteiger charge is -2.09. The predicted octanol–water partition coefficient (Wildman–Crippen LogP) is 4.67. The fourth-order valence-corrected chi connectivity index (χ4v) is 3.01. The van der Waals surface area contributed by atoms with Crippen LogP contribution in [0.25, 0.3) is 5.69 Å². The smallest absolute Gasteiger partial charge is 0.416 e. The molecule has 0 fully saturated rings. The number of aromatic nitrogens is 3. The number of hydrogen-bond acceptors (Lipinski definition) is 5. The second-order valence-electron chi connectivity index (χ2n) is 5.91. The molecule has 0 spiro atoms. The van der Waals surface area contributed by atoms with Crippen LogP contribution in [0, 0.1) is 6.92 Å². The Morgan fingerprint density at radius 3 is 2.64 bits per heavy atom. The number of rotatable bonds is 5. The largest absolute Gasteiger partial charge is 0.456 e. The Kier molecular flexibility index (Phi) is 5.73. The summed E-state index contributed by atoms with van der Waals surface area (Å²) in [7, 11) is 0. The molecule has 0 N–H and O–H groups in total. The molecule has 9 heteroatoms. The molecule has 0 aliphatic heterocycles. The van der Waals surface area contributed by atoms with Gasteiger partial charge in [-0.2, -0.15) is 13.2 Å². The summed E-state index contributed by atoms with van der Waals surface area (Å²) in [5.74, 6) is -0.748. The summed E-state index contributed by atoms with van der Waals surface area (Å²) in [5.41, 5.74) is 0.681. The third-order valence-corrected chi connectivity index (χ3v) is 4.74. The van der Waals surface area contributed by atoms with Gasteiger partial charge < -0.3 is 4.74 Å². The van der Waals surface area contributed by atoms with Crippen LogP contribution in [-0.4, -0.2) is 27.2 Å². The molecule has 3 aromatic rings. The first-order valence-electron chi connectivity index (χ1n) is 8.19. The molecule has 28 heavy (non-hydrogen) atoms. The topological polar surface area (TPSA) is 57.0 Å². The molecule has 2 aromatic carbocycles. The van der Waals surface area contributed by atoms with Crippen molar-refractivity contribution in [3.05, 3.63) is 71.0 Å². The maximum atomic E-state index is 12.8. The maximum absolute atomic E-state index is 12.8. The van der Waals surface area contributed by atoms with Crippen LogP contribution >= 0.6 is 11.8 Å². The average Bonchev–Trinajstić information content (AvgIpc) is 3.07. The first-order chi connectivity index (χ1) is 13.3.